The van der Waals surface area contributed by atoms with Crippen molar-refractivity contribution in [3.8, 4) is 6.07 Å². The third-order valence-electron chi connectivity index (χ3n) is 2.67. The molecular formula is C14H10BrN3O3. The summed E-state index contributed by atoms with van der Waals surface area (Å²) in [6.45, 7) is 1.57. The fourth-order valence-corrected chi connectivity index (χ4v) is 2.04. The first-order valence-electron chi connectivity index (χ1n) is 5.95. The molecule has 1 heterocycles. The lowest BCUT2D eigenvalue weighted by Crippen LogP contribution is -2.20. The van der Waals surface area contributed by atoms with Crippen molar-refractivity contribution in [1.82, 2.24) is 5.43 Å². The molecule has 1 N–H and O–H groups in total. The monoisotopic (exact) mass is 347 g/mol. The molecule has 7 heteroatoms. The van der Waals surface area contributed by atoms with E-state index in [2.05, 4.69) is 26.5 Å². The number of rotatable bonds is 3. The number of halogens is 1. The number of carbonyl (C=O) groups is 1. The zero-order valence-corrected chi connectivity index (χ0v) is 12.6. The Morgan fingerprint density at radius 3 is 2.95 bits per heavy atom. The number of hydrogen-bond donors (Lipinski definition) is 1. The number of fused-ring (bicyclic) bond motifs is 1. The first kappa shape index (κ1) is 14.9. The molecule has 0 saturated heterocycles. The van der Waals surface area contributed by atoms with Crippen LogP contribution in [0.3, 0.4) is 0 Å². The summed E-state index contributed by atoms with van der Waals surface area (Å²) in [5.74, 6) is -0.537. The standard InChI is InChI=1S/C14H10BrN3O3/c1-8(17-18-13(19)4-5-16)11-7-9-6-10(15)2-3-12(9)21-14(11)20/h2-3,6-7H,4H2,1H3,(H,18,19)/b17-8-. The summed E-state index contributed by atoms with van der Waals surface area (Å²) in [4.78, 5) is 23.1. The van der Waals surface area contributed by atoms with E-state index < -0.39 is 11.5 Å². The summed E-state index contributed by atoms with van der Waals surface area (Å²) >= 11 is 3.34. The first-order chi connectivity index (χ1) is 10.0. The van der Waals surface area contributed by atoms with Crippen molar-refractivity contribution in [1.29, 1.82) is 5.26 Å². The molecule has 1 aromatic heterocycles. The van der Waals surface area contributed by atoms with E-state index in [1.165, 1.54) is 0 Å². The van der Waals surface area contributed by atoms with Crippen LogP contribution in [-0.4, -0.2) is 11.6 Å². The molecule has 6 nitrogen and oxygen atoms in total. The molecule has 106 valence electrons. The highest BCUT2D eigenvalue weighted by molar-refractivity contribution is 9.10. The van der Waals surface area contributed by atoms with Gasteiger partial charge in [0, 0.05) is 9.86 Å². The van der Waals surface area contributed by atoms with Crippen molar-refractivity contribution >= 4 is 38.5 Å². The van der Waals surface area contributed by atoms with Crippen LogP contribution in [0, 0.1) is 11.3 Å². The fourth-order valence-electron chi connectivity index (χ4n) is 1.66. The molecule has 2 aromatic rings. The van der Waals surface area contributed by atoms with Crippen molar-refractivity contribution in [3.05, 3.63) is 44.7 Å². The second-order valence-corrected chi connectivity index (χ2v) is 5.11. The highest BCUT2D eigenvalue weighted by Gasteiger charge is 2.09. The lowest BCUT2D eigenvalue weighted by Gasteiger charge is -2.03. The van der Waals surface area contributed by atoms with Crippen molar-refractivity contribution < 1.29 is 9.21 Å². The van der Waals surface area contributed by atoms with Gasteiger partial charge >= 0.3 is 5.63 Å². The average molecular weight is 348 g/mol. The summed E-state index contributed by atoms with van der Waals surface area (Å²) in [5, 5.41) is 12.9. The van der Waals surface area contributed by atoms with Crippen LogP contribution < -0.4 is 11.1 Å². The molecule has 0 bridgehead atoms. The van der Waals surface area contributed by atoms with Crippen LogP contribution in [0.2, 0.25) is 0 Å². The van der Waals surface area contributed by atoms with Gasteiger partial charge in [0.2, 0.25) is 0 Å². The molecule has 1 amide bonds. The fraction of sp³-hybridized carbons (Fsp3) is 0.143. The Morgan fingerprint density at radius 1 is 1.48 bits per heavy atom. The van der Waals surface area contributed by atoms with Gasteiger partial charge in [-0.05, 0) is 31.2 Å². The number of hydrazone groups is 1. The number of carbonyl (C=O) groups excluding carboxylic acids is 1. The molecule has 0 aliphatic carbocycles. The van der Waals surface area contributed by atoms with Crippen molar-refractivity contribution in [2.24, 2.45) is 5.10 Å². The van der Waals surface area contributed by atoms with Crippen LogP contribution >= 0.6 is 15.9 Å². The van der Waals surface area contributed by atoms with Gasteiger partial charge in [0.05, 0.1) is 17.3 Å². The zero-order chi connectivity index (χ0) is 15.4. The maximum absolute atomic E-state index is 11.9. The van der Waals surface area contributed by atoms with Gasteiger partial charge in [0.15, 0.2) is 0 Å². The topological polar surface area (TPSA) is 95.5 Å². The van der Waals surface area contributed by atoms with Gasteiger partial charge in [-0.2, -0.15) is 10.4 Å². The maximum atomic E-state index is 11.9. The molecular weight excluding hydrogens is 338 g/mol. The summed E-state index contributed by atoms with van der Waals surface area (Å²) in [7, 11) is 0. The summed E-state index contributed by atoms with van der Waals surface area (Å²) < 4.78 is 6.05. The lowest BCUT2D eigenvalue weighted by atomic mass is 10.1. The number of nitrogens with zero attached hydrogens (tertiary/aromatic N) is 2. The van der Waals surface area contributed by atoms with E-state index >= 15 is 0 Å². The molecule has 0 spiro atoms. The van der Waals surface area contributed by atoms with Crippen molar-refractivity contribution in [3.63, 3.8) is 0 Å². The number of nitriles is 1. The van der Waals surface area contributed by atoms with Gasteiger partial charge in [0.1, 0.15) is 12.0 Å². The van der Waals surface area contributed by atoms with Crippen LogP contribution in [0.25, 0.3) is 11.0 Å². The van der Waals surface area contributed by atoms with Gasteiger partial charge < -0.3 is 4.42 Å². The summed E-state index contributed by atoms with van der Waals surface area (Å²) in [5.41, 5.74) is 2.68. The molecule has 0 aliphatic rings. The zero-order valence-electron chi connectivity index (χ0n) is 11.0. The molecule has 0 saturated carbocycles. The van der Waals surface area contributed by atoms with Gasteiger partial charge in [-0.3, -0.25) is 4.79 Å². The predicted octanol–water partition coefficient (Wildman–Crippen LogP) is 2.31. The van der Waals surface area contributed by atoms with Gasteiger partial charge in [-0.25, -0.2) is 10.2 Å². The van der Waals surface area contributed by atoms with Gasteiger partial charge in [0.25, 0.3) is 5.91 Å². The Bertz CT molecular complexity index is 833. The molecule has 0 fully saturated rings. The molecule has 1 aromatic carbocycles. The van der Waals surface area contributed by atoms with Crippen LogP contribution in [0.15, 0.2) is 43.1 Å². The Balaban J connectivity index is 2.39. The number of hydrogen-bond acceptors (Lipinski definition) is 5. The minimum absolute atomic E-state index is 0.248. The minimum Gasteiger partial charge on any atom is -0.422 e. The number of nitrogens with one attached hydrogen (secondary N) is 1. The normalized spacial score (nSPS) is 11.2. The molecule has 0 atom stereocenters. The van der Waals surface area contributed by atoms with Crippen LogP contribution in [0.4, 0.5) is 0 Å². The van der Waals surface area contributed by atoms with Crippen LogP contribution in [0.1, 0.15) is 18.9 Å². The SMILES string of the molecule is C/C(=N/NC(=O)CC#N)c1cc2cc(Br)ccc2oc1=O. The van der Waals surface area contributed by atoms with E-state index in [9.17, 15) is 9.59 Å². The molecule has 2 rings (SSSR count). The Morgan fingerprint density at radius 2 is 2.24 bits per heavy atom. The van der Waals surface area contributed by atoms with E-state index in [4.69, 9.17) is 9.68 Å². The maximum Gasteiger partial charge on any atom is 0.345 e. The van der Waals surface area contributed by atoms with Crippen molar-refractivity contribution in [2.75, 3.05) is 0 Å². The van der Waals surface area contributed by atoms with Crippen LogP contribution in [0.5, 0.6) is 0 Å². The van der Waals surface area contributed by atoms with E-state index in [-0.39, 0.29) is 12.0 Å². The smallest absolute Gasteiger partial charge is 0.345 e. The summed E-state index contributed by atoms with van der Waals surface area (Å²) in [6, 6.07) is 8.61. The van der Waals surface area contributed by atoms with Crippen LogP contribution in [-0.2, 0) is 4.79 Å². The Labute approximate surface area is 128 Å². The molecule has 0 aliphatic heterocycles. The Hall–Kier alpha value is -2.46. The third-order valence-corrected chi connectivity index (χ3v) is 3.17. The largest absolute Gasteiger partial charge is 0.422 e. The van der Waals surface area contributed by atoms with E-state index in [1.54, 1.807) is 31.2 Å². The number of benzene rings is 1. The third kappa shape index (κ3) is 3.55. The Kier molecular flexibility index (Phi) is 4.50. The second-order valence-electron chi connectivity index (χ2n) is 4.20. The predicted molar refractivity (Wildman–Crippen MR) is 80.8 cm³/mol. The van der Waals surface area contributed by atoms with E-state index in [0.717, 1.165) is 9.86 Å². The highest BCUT2D eigenvalue weighted by atomic mass is 79.9. The van der Waals surface area contributed by atoms with Gasteiger partial charge in [-0.1, -0.05) is 15.9 Å². The summed E-state index contributed by atoms with van der Waals surface area (Å²) in [6.07, 6.45) is -0.296. The van der Waals surface area contributed by atoms with E-state index in [1.807, 2.05) is 6.07 Å². The van der Waals surface area contributed by atoms with E-state index in [0.29, 0.717) is 11.3 Å². The molecule has 21 heavy (non-hydrogen) atoms. The van der Waals surface area contributed by atoms with Gasteiger partial charge in [-0.15, -0.1) is 0 Å². The second kappa shape index (κ2) is 6.33. The lowest BCUT2D eigenvalue weighted by molar-refractivity contribution is -0.120. The average Bonchev–Trinajstić information content (AvgIpc) is 2.45. The number of amides is 1. The first-order valence-corrected chi connectivity index (χ1v) is 6.74. The molecule has 0 radical (unpaired) electrons. The highest BCUT2D eigenvalue weighted by Crippen LogP contribution is 2.19. The quantitative estimate of drug-likeness (QED) is 0.523. The minimum atomic E-state index is -0.541. The van der Waals surface area contributed by atoms with Crippen molar-refractivity contribution in [2.45, 2.75) is 13.3 Å². The molecule has 0 unspecified atom stereocenters.